The molecule has 0 amide bonds. The van der Waals surface area contributed by atoms with Crippen molar-refractivity contribution in [2.45, 2.75) is 26.7 Å². The molecule has 1 unspecified atom stereocenters. The summed E-state index contributed by atoms with van der Waals surface area (Å²) in [7, 11) is 0. The van der Waals surface area contributed by atoms with E-state index in [9.17, 15) is 4.79 Å². The van der Waals surface area contributed by atoms with Crippen LogP contribution in [0.4, 0.5) is 5.82 Å². The number of hydrogen-bond donors (Lipinski definition) is 0. The lowest BCUT2D eigenvalue weighted by atomic mass is 10.00. The molecule has 0 N–H and O–H groups in total. The second-order valence-electron chi connectivity index (χ2n) is 5.88. The van der Waals surface area contributed by atoms with Crippen molar-refractivity contribution < 1.29 is 4.79 Å². The molecule has 1 aliphatic rings. The maximum absolute atomic E-state index is 11.5. The zero-order valence-corrected chi connectivity index (χ0v) is 12.6. The molecular weight excluding hydrogens is 262 g/mol. The van der Waals surface area contributed by atoms with Gasteiger partial charge in [-0.2, -0.15) is 5.10 Å². The first-order chi connectivity index (χ1) is 10.2. The SMILES string of the molecule is Cc1nn(-c2ccccc2)c(N2CCCC(C)C2)c1C=O. The quantitative estimate of drug-likeness (QED) is 0.812. The highest BCUT2D eigenvalue weighted by molar-refractivity contribution is 5.85. The van der Waals surface area contributed by atoms with E-state index in [1.54, 1.807) is 0 Å². The normalized spacial score (nSPS) is 18.8. The first-order valence-electron chi connectivity index (χ1n) is 7.56. The molecule has 21 heavy (non-hydrogen) atoms. The number of rotatable bonds is 3. The minimum atomic E-state index is 0.651. The van der Waals surface area contributed by atoms with Gasteiger partial charge >= 0.3 is 0 Å². The summed E-state index contributed by atoms with van der Waals surface area (Å²) in [6, 6.07) is 10.0. The van der Waals surface area contributed by atoms with E-state index >= 15 is 0 Å². The smallest absolute Gasteiger partial charge is 0.155 e. The van der Waals surface area contributed by atoms with Crippen LogP contribution in [0.25, 0.3) is 5.69 Å². The van der Waals surface area contributed by atoms with Crippen LogP contribution in [0, 0.1) is 12.8 Å². The molecule has 0 saturated carbocycles. The fourth-order valence-corrected chi connectivity index (χ4v) is 3.10. The van der Waals surface area contributed by atoms with Crippen LogP contribution in [-0.2, 0) is 0 Å². The zero-order valence-electron chi connectivity index (χ0n) is 12.6. The highest BCUT2D eigenvalue weighted by Gasteiger charge is 2.25. The summed E-state index contributed by atoms with van der Waals surface area (Å²) in [5.41, 5.74) is 2.51. The van der Waals surface area contributed by atoms with Crippen molar-refractivity contribution in [3.05, 3.63) is 41.6 Å². The molecule has 0 aliphatic carbocycles. The molecule has 1 aromatic carbocycles. The molecule has 0 bridgehead atoms. The van der Waals surface area contributed by atoms with Crippen molar-refractivity contribution in [2.75, 3.05) is 18.0 Å². The lowest BCUT2D eigenvalue weighted by Gasteiger charge is -2.33. The van der Waals surface area contributed by atoms with E-state index in [1.165, 1.54) is 12.8 Å². The third kappa shape index (κ3) is 2.58. The Bertz CT molecular complexity index is 633. The molecular formula is C17H21N3O. The molecule has 4 nitrogen and oxygen atoms in total. The second kappa shape index (κ2) is 5.72. The number of piperidine rings is 1. The predicted molar refractivity (Wildman–Crippen MR) is 84.3 cm³/mol. The van der Waals surface area contributed by atoms with Gasteiger partial charge in [0.15, 0.2) is 6.29 Å². The first-order valence-corrected chi connectivity index (χ1v) is 7.56. The van der Waals surface area contributed by atoms with E-state index in [1.807, 2.05) is 41.9 Å². The Balaban J connectivity index is 2.10. The van der Waals surface area contributed by atoms with Crippen molar-refractivity contribution in [1.29, 1.82) is 0 Å². The third-order valence-electron chi connectivity index (χ3n) is 4.16. The number of para-hydroxylation sites is 1. The van der Waals surface area contributed by atoms with Crippen molar-refractivity contribution in [3.8, 4) is 5.69 Å². The third-order valence-corrected chi connectivity index (χ3v) is 4.16. The van der Waals surface area contributed by atoms with Gasteiger partial charge in [0.2, 0.25) is 0 Å². The maximum atomic E-state index is 11.5. The van der Waals surface area contributed by atoms with Crippen molar-refractivity contribution >= 4 is 12.1 Å². The van der Waals surface area contributed by atoms with Crippen LogP contribution in [0.15, 0.2) is 30.3 Å². The summed E-state index contributed by atoms with van der Waals surface area (Å²) in [6.07, 6.45) is 3.36. The molecule has 110 valence electrons. The van der Waals surface area contributed by atoms with Crippen LogP contribution in [0.2, 0.25) is 0 Å². The van der Waals surface area contributed by atoms with Gasteiger partial charge < -0.3 is 4.90 Å². The van der Waals surface area contributed by atoms with Gasteiger partial charge in [-0.1, -0.05) is 25.1 Å². The Labute approximate surface area is 125 Å². The van der Waals surface area contributed by atoms with Gasteiger partial charge in [-0.15, -0.1) is 0 Å². The zero-order chi connectivity index (χ0) is 14.8. The minimum Gasteiger partial charge on any atom is -0.356 e. The number of benzene rings is 1. The first kappa shape index (κ1) is 13.9. The highest BCUT2D eigenvalue weighted by atomic mass is 16.1. The minimum absolute atomic E-state index is 0.651. The molecule has 4 heteroatoms. The average molecular weight is 283 g/mol. The summed E-state index contributed by atoms with van der Waals surface area (Å²) in [4.78, 5) is 13.8. The topological polar surface area (TPSA) is 38.1 Å². The van der Waals surface area contributed by atoms with Gasteiger partial charge in [-0.05, 0) is 37.8 Å². The van der Waals surface area contributed by atoms with Crippen LogP contribution in [0.1, 0.15) is 35.8 Å². The van der Waals surface area contributed by atoms with E-state index in [2.05, 4.69) is 16.9 Å². The fraction of sp³-hybridized carbons (Fsp3) is 0.412. The molecule has 2 aromatic rings. The molecule has 2 heterocycles. The van der Waals surface area contributed by atoms with Crippen molar-refractivity contribution in [1.82, 2.24) is 9.78 Å². The van der Waals surface area contributed by atoms with Gasteiger partial charge in [0, 0.05) is 13.1 Å². The highest BCUT2D eigenvalue weighted by Crippen LogP contribution is 2.29. The van der Waals surface area contributed by atoms with Crippen LogP contribution in [0.5, 0.6) is 0 Å². The van der Waals surface area contributed by atoms with E-state index in [0.29, 0.717) is 11.5 Å². The Morgan fingerprint density at radius 2 is 2.05 bits per heavy atom. The van der Waals surface area contributed by atoms with E-state index in [-0.39, 0.29) is 0 Å². The Morgan fingerprint density at radius 1 is 1.29 bits per heavy atom. The lowest BCUT2D eigenvalue weighted by molar-refractivity contribution is 0.112. The summed E-state index contributed by atoms with van der Waals surface area (Å²) in [5.74, 6) is 1.60. The standard InChI is InChI=1S/C17H21N3O/c1-13-7-6-10-19(11-13)17-16(12-21)14(2)18-20(17)15-8-4-3-5-9-15/h3-5,8-9,12-13H,6-7,10-11H2,1-2H3. The lowest BCUT2D eigenvalue weighted by Crippen LogP contribution is -2.36. The number of aromatic nitrogens is 2. The molecule has 1 atom stereocenters. The number of carbonyl (C=O) groups excluding carboxylic acids is 1. The van der Waals surface area contributed by atoms with Gasteiger partial charge in [-0.25, -0.2) is 4.68 Å². The fourth-order valence-electron chi connectivity index (χ4n) is 3.10. The number of hydrogen-bond acceptors (Lipinski definition) is 3. The Hall–Kier alpha value is -2.10. The molecule has 0 radical (unpaired) electrons. The number of nitrogens with zero attached hydrogens (tertiary/aromatic N) is 3. The molecule has 1 aromatic heterocycles. The number of aldehydes is 1. The summed E-state index contributed by atoms with van der Waals surface area (Å²) >= 11 is 0. The second-order valence-corrected chi connectivity index (χ2v) is 5.88. The van der Waals surface area contributed by atoms with Crippen LogP contribution < -0.4 is 4.90 Å². The van der Waals surface area contributed by atoms with Crippen molar-refractivity contribution in [3.63, 3.8) is 0 Å². The number of aryl methyl sites for hydroxylation is 1. The summed E-state index contributed by atoms with van der Waals surface area (Å²) in [6.45, 7) is 6.14. The van der Waals surface area contributed by atoms with Gasteiger partial charge in [0.05, 0.1) is 16.9 Å². The molecule has 1 aliphatic heterocycles. The molecule has 1 saturated heterocycles. The van der Waals surface area contributed by atoms with E-state index < -0.39 is 0 Å². The molecule has 0 spiro atoms. The summed E-state index contributed by atoms with van der Waals surface area (Å²) < 4.78 is 1.91. The van der Waals surface area contributed by atoms with Crippen LogP contribution >= 0.6 is 0 Å². The van der Waals surface area contributed by atoms with Gasteiger partial charge in [0.25, 0.3) is 0 Å². The monoisotopic (exact) mass is 283 g/mol. The number of carbonyl (C=O) groups is 1. The molecule has 1 fully saturated rings. The summed E-state index contributed by atoms with van der Waals surface area (Å²) in [5, 5.41) is 4.60. The van der Waals surface area contributed by atoms with E-state index in [0.717, 1.165) is 36.6 Å². The van der Waals surface area contributed by atoms with Crippen LogP contribution in [-0.4, -0.2) is 29.2 Å². The van der Waals surface area contributed by atoms with E-state index in [4.69, 9.17) is 0 Å². The van der Waals surface area contributed by atoms with Gasteiger partial charge in [-0.3, -0.25) is 4.79 Å². The van der Waals surface area contributed by atoms with Crippen molar-refractivity contribution in [2.24, 2.45) is 5.92 Å². The van der Waals surface area contributed by atoms with Gasteiger partial charge in [0.1, 0.15) is 5.82 Å². The largest absolute Gasteiger partial charge is 0.356 e. The Kier molecular flexibility index (Phi) is 3.78. The average Bonchev–Trinajstić information content (AvgIpc) is 2.85. The predicted octanol–water partition coefficient (Wildman–Crippen LogP) is 3.23. The maximum Gasteiger partial charge on any atom is 0.155 e. The number of anilines is 1. The Morgan fingerprint density at radius 3 is 2.71 bits per heavy atom. The molecule has 3 rings (SSSR count). The van der Waals surface area contributed by atoms with Crippen LogP contribution in [0.3, 0.4) is 0 Å².